The van der Waals surface area contributed by atoms with Crippen molar-refractivity contribution < 1.29 is 23.8 Å². The monoisotopic (exact) mass is 737 g/mol. The van der Waals surface area contributed by atoms with E-state index in [1.807, 2.05) is 42.4 Å². The SMILES string of the molecule is CNC(=O)c1ccc(-c2cnn3c(N(COCC[Si](C)(C)C)COCC[Si](C)(C)C)cc([C@H]4C[C@H]5CC[C@@H](C4)N5C(=O)OC(C)(C)C)nc23)cn1. The number of nitrogens with zero attached hydrogens (tertiary/aromatic N) is 6. The fourth-order valence-electron chi connectivity index (χ4n) is 6.73. The Kier molecular flexibility index (Phi) is 12.0. The molecule has 2 aliphatic rings. The van der Waals surface area contributed by atoms with Gasteiger partial charge in [-0.05, 0) is 64.6 Å². The number of nitrogens with one attached hydrogen (secondary N) is 1. The van der Waals surface area contributed by atoms with Crippen molar-refractivity contribution in [1.82, 2.24) is 29.8 Å². The number of pyridine rings is 1. The minimum atomic E-state index is -1.28. The average molecular weight is 738 g/mol. The lowest BCUT2D eigenvalue weighted by Crippen LogP contribution is -2.48. The smallest absolute Gasteiger partial charge is 0.410 e. The standard InChI is InChI=1S/C37H59N7O5Si2/c1-37(2,3)49-36(46)43-28-12-13-29(43)20-27(19-28)32-21-33(42(24-47-15-17-50(5,6)7)25-48-16-18-51(8,9)10)44-34(41-32)30(23-40-44)26-11-14-31(39-22-26)35(45)38-4/h11,14,21-23,27-29H,12-13,15-20,24-25H2,1-10H3,(H,38,45)/t27-,28+,29-. The van der Waals surface area contributed by atoms with Gasteiger partial charge in [-0.3, -0.25) is 9.78 Å². The average Bonchev–Trinajstić information content (AvgIpc) is 3.59. The van der Waals surface area contributed by atoms with Crippen molar-refractivity contribution in [2.45, 2.75) is 121 Å². The van der Waals surface area contributed by atoms with Crippen LogP contribution in [0.1, 0.15) is 68.6 Å². The minimum absolute atomic E-state index is 0.0989. The van der Waals surface area contributed by atoms with E-state index in [9.17, 15) is 9.59 Å². The molecular formula is C37H59N7O5Si2. The van der Waals surface area contributed by atoms with E-state index in [0.29, 0.717) is 38.0 Å². The second-order valence-corrected chi connectivity index (χ2v) is 28.8. The Labute approximate surface area is 305 Å². The highest BCUT2D eigenvalue weighted by atomic mass is 28.3. The van der Waals surface area contributed by atoms with Crippen LogP contribution in [0.2, 0.25) is 51.4 Å². The summed E-state index contributed by atoms with van der Waals surface area (Å²) in [6.45, 7) is 22.0. The number of aromatic nitrogens is 4. The number of carbonyl (C=O) groups is 2. The summed E-state index contributed by atoms with van der Waals surface area (Å²) in [5, 5.41) is 7.49. The molecule has 0 saturated carbocycles. The largest absolute Gasteiger partial charge is 0.444 e. The molecule has 12 nitrogen and oxygen atoms in total. The zero-order valence-electron chi connectivity index (χ0n) is 32.4. The predicted octanol–water partition coefficient (Wildman–Crippen LogP) is 7.23. The molecule has 2 aliphatic heterocycles. The lowest BCUT2D eigenvalue weighted by Gasteiger charge is -2.39. The first-order chi connectivity index (χ1) is 23.9. The number of piperidine rings is 1. The summed E-state index contributed by atoms with van der Waals surface area (Å²) >= 11 is 0. The molecule has 0 spiro atoms. The number of hydrogen-bond donors (Lipinski definition) is 1. The molecule has 5 rings (SSSR count). The van der Waals surface area contributed by atoms with Crippen LogP contribution in [-0.4, -0.2) is 104 Å². The van der Waals surface area contributed by atoms with Crippen LogP contribution in [0.15, 0.2) is 30.6 Å². The van der Waals surface area contributed by atoms with E-state index in [0.717, 1.165) is 60.4 Å². The molecule has 51 heavy (non-hydrogen) atoms. The van der Waals surface area contributed by atoms with E-state index in [-0.39, 0.29) is 30.0 Å². The van der Waals surface area contributed by atoms with Crippen LogP contribution < -0.4 is 10.2 Å². The van der Waals surface area contributed by atoms with Gasteiger partial charge in [-0.2, -0.15) is 9.61 Å². The number of rotatable bonds is 14. The van der Waals surface area contributed by atoms with Gasteiger partial charge in [0, 0.05) is 83.5 Å². The third kappa shape index (κ3) is 10.2. The van der Waals surface area contributed by atoms with E-state index in [1.165, 1.54) is 0 Å². The number of carbonyl (C=O) groups excluding carboxylic acids is 2. The molecule has 0 aliphatic carbocycles. The maximum Gasteiger partial charge on any atom is 0.410 e. The summed E-state index contributed by atoms with van der Waals surface area (Å²) in [7, 11) is -0.975. The minimum Gasteiger partial charge on any atom is -0.444 e. The highest BCUT2D eigenvalue weighted by molar-refractivity contribution is 6.76. The Morgan fingerprint density at radius 2 is 1.55 bits per heavy atom. The van der Waals surface area contributed by atoms with E-state index >= 15 is 0 Å². The normalized spacial score (nSPS) is 19.4. The number of anilines is 1. The number of ether oxygens (including phenoxy) is 3. The molecule has 2 bridgehead atoms. The quantitative estimate of drug-likeness (QED) is 0.104. The van der Waals surface area contributed by atoms with Crippen molar-refractivity contribution in [3.63, 3.8) is 0 Å². The zero-order chi connectivity index (χ0) is 37.1. The van der Waals surface area contributed by atoms with Crippen molar-refractivity contribution >= 4 is 39.6 Å². The van der Waals surface area contributed by atoms with Gasteiger partial charge in [-0.15, -0.1) is 0 Å². The summed E-state index contributed by atoms with van der Waals surface area (Å²) in [6.07, 6.45) is 6.83. The van der Waals surface area contributed by atoms with Gasteiger partial charge in [0.1, 0.15) is 30.6 Å². The Bertz CT molecular complexity index is 1630. The van der Waals surface area contributed by atoms with Crippen molar-refractivity contribution in [1.29, 1.82) is 0 Å². The highest BCUT2D eigenvalue weighted by Gasteiger charge is 2.45. The maximum absolute atomic E-state index is 13.3. The first kappa shape index (κ1) is 38.9. The summed E-state index contributed by atoms with van der Waals surface area (Å²) in [6, 6.07) is 8.09. The molecule has 3 atom stereocenters. The van der Waals surface area contributed by atoms with Crippen molar-refractivity contribution in [2.24, 2.45) is 0 Å². The summed E-state index contributed by atoms with van der Waals surface area (Å²) < 4.78 is 20.4. The summed E-state index contributed by atoms with van der Waals surface area (Å²) in [5.41, 5.74) is 3.10. The van der Waals surface area contributed by atoms with Crippen molar-refractivity contribution in [2.75, 3.05) is 38.6 Å². The Balaban J connectivity index is 1.52. The zero-order valence-corrected chi connectivity index (χ0v) is 34.4. The van der Waals surface area contributed by atoms with E-state index in [1.54, 1.807) is 19.3 Å². The molecule has 0 unspecified atom stereocenters. The van der Waals surface area contributed by atoms with Gasteiger partial charge < -0.3 is 29.3 Å². The fraction of sp³-hybridized carbons (Fsp3) is 0.649. The second kappa shape index (κ2) is 15.7. The first-order valence-corrected chi connectivity index (χ1v) is 25.8. The van der Waals surface area contributed by atoms with Crippen LogP contribution >= 0.6 is 0 Å². The van der Waals surface area contributed by atoms with Crippen LogP contribution in [-0.2, 0) is 14.2 Å². The van der Waals surface area contributed by atoms with Crippen LogP contribution in [0.25, 0.3) is 16.8 Å². The highest BCUT2D eigenvalue weighted by Crippen LogP contribution is 2.44. The lowest BCUT2D eigenvalue weighted by molar-refractivity contribution is 0.00568. The van der Waals surface area contributed by atoms with Crippen molar-refractivity contribution in [3.8, 4) is 11.1 Å². The Morgan fingerprint density at radius 1 is 0.941 bits per heavy atom. The predicted molar refractivity (Wildman–Crippen MR) is 207 cm³/mol. The first-order valence-electron chi connectivity index (χ1n) is 18.4. The van der Waals surface area contributed by atoms with Gasteiger partial charge in [0.25, 0.3) is 5.91 Å². The molecule has 2 saturated heterocycles. The molecule has 14 heteroatoms. The molecule has 2 fully saturated rings. The van der Waals surface area contributed by atoms with Gasteiger partial charge in [-0.1, -0.05) is 45.3 Å². The molecule has 5 heterocycles. The molecule has 0 radical (unpaired) electrons. The number of hydrogen-bond acceptors (Lipinski definition) is 9. The van der Waals surface area contributed by atoms with E-state index < -0.39 is 21.7 Å². The van der Waals surface area contributed by atoms with Gasteiger partial charge in [0.2, 0.25) is 0 Å². The van der Waals surface area contributed by atoms with Gasteiger partial charge in [0.05, 0.1) is 6.20 Å². The third-order valence-corrected chi connectivity index (χ3v) is 13.0. The van der Waals surface area contributed by atoms with Gasteiger partial charge in [0.15, 0.2) is 5.65 Å². The van der Waals surface area contributed by atoms with Gasteiger partial charge in [-0.25, -0.2) is 9.78 Å². The number of fused-ring (bicyclic) bond motifs is 3. The Morgan fingerprint density at radius 3 is 2.06 bits per heavy atom. The topological polar surface area (TPSA) is 123 Å². The Hall–Kier alpha value is -3.34. The third-order valence-electron chi connectivity index (χ3n) is 9.57. The summed E-state index contributed by atoms with van der Waals surface area (Å²) in [5.74, 6) is 0.749. The molecule has 280 valence electrons. The van der Waals surface area contributed by atoms with Crippen LogP contribution in [0, 0.1) is 0 Å². The molecule has 2 amide bonds. The van der Waals surface area contributed by atoms with E-state index in [2.05, 4.69) is 60.5 Å². The molecule has 0 aromatic carbocycles. The molecule has 3 aromatic rings. The molecule has 1 N–H and O–H groups in total. The molecule has 3 aromatic heterocycles. The van der Waals surface area contributed by atoms with Crippen LogP contribution in [0.4, 0.5) is 10.6 Å². The molecular weight excluding hydrogens is 679 g/mol. The van der Waals surface area contributed by atoms with Gasteiger partial charge >= 0.3 is 6.09 Å². The van der Waals surface area contributed by atoms with E-state index in [4.69, 9.17) is 24.3 Å². The second-order valence-electron chi connectivity index (χ2n) is 17.5. The fourth-order valence-corrected chi connectivity index (χ4v) is 8.24. The summed E-state index contributed by atoms with van der Waals surface area (Å²) in [4.78, 5) is 39.3. The maximum atomic E-state index is 13.3. The lowest BCUT2D eigenvalue weighted by atomic mass is 9.88. The number of amides is 2. The van der Waals surface area contributed by atoms with Crippen molar-refractivity contribution in [3.05, 3.63) is 42.0 Å². The van der Waals surface area contributed by atoms with Crippen LogP contribution in [0.3, 0.4) is 0 Å². The van der Waals surface area contributed by atoms with Crippen LogP contribution in [0.5, 0.6) is 0 Å².